The second kappa shape index (κ2) is 7.14. The first kappa shape index (κ1) is 17.7. The highest BCUT2D eigenvalue weighted by Gasteiger charge is 2.24. The molecule has 0 atom stereocenters. The summed E-state index contributed by atoms with van der Waals surface area (Å²) in [5.74, 6) is 0.305. The lowest BCUT2D eigenvalue weighted by atomic mass is 10.0. The average molecular weight is 354 g/mol. The molecule has 4 rings (SSSR count). The molecule has 26 heavy (non-hydrogen) atoms. The Labute approximate surface area is 155 Å². The maximum atomic E-state index is 12.8. The van der Waals surface area contributed by atoms with Gasteiger partial charge >= 0.3 is 0 Å². The molecule has 1 aromatic heterocycles. The quantitative estimate of drug-likeness (QED) is 0.912. The lowest BCUT2D eigenvalue weighted by Gasteiger charge is -2.29. The van der Waals surface area contributed by atoms with Crippen LogP contribution < -0.4 is 5.73 Å². The Morgan fingerprint density at radius 1 is 1.19 bits per heavy atom. The molecule has 0 saturated carbocycles. The molecule has 2 aromatic rings. The van der Waals surface area contributed by atoms with Crippen LogP contribution in [0.2, 0.25) is 0 Å². The number of carbonyl (C=O) groups excluding carboxylic acids is 1. The number of hydrogen-bond donors (Lipinski definition) is 1. The van der Waals surface area contributed by atoms with Crippen molar-refractivity contribution >= 4 is 16.7 Å². The van der Waals surface area contributed by atoms with Gasteiger partial charge in [-0.15, -0.1) is 0 Å². The van der Waals surface area contributed by atoms with E-state index in [-0.39, 0.29) is 0 Å². The smallest absolute Gasteiger partial charge is 0.166 e. The van der Waals surface area contributed by atoms with Crippen molar-refractivity contribution < 1.29 is 4.79 Å². The minimum Gasteiger partial charge on any atom is -0.337 e. The topological polar surface area (TPSA) is 54.5 Å². The molecule has 1 saturated heterocycles. The number of aromatic nitrogens is 1. The summed E-state index contributed by atoms with van der Waals surface area (Å²) >= 11 is 0. The van der Waals surface area contributed by atoms with E-state index in [1.54, 1.807) is 0 Å². The van der Waals surface area contributed by atoms with Gasteiger partial charge in [-0.1, -0.05) is 11.6 Å². The minimum absolute atomic E-state index is 0.305. The Bertz CT molecular complexity index is 817. The molecular formula is C21H30N4O. The largest absolute Gasteiger partial charge is 0.337 e. The van der Waals surface area contributed by atoms with Crippen molar-refractivity contribution in [3.63, 3.8) is 0 Å². The molecule has 0 spiro atoms. The summed E-state index contributed by atoms with van der Waals surface area (Å²) in [6.45, 7) is 7.10. The van der Waals surface area contributed by atoms with Gasteiger partial charge in [0.1, 0.15) is 0 Å². The van der Waals surface area contributed by atoms with E-state index in [1.807, 2.05) is 0 Å². The number of nitrogens with two attached hydrogens (primary N) is 1. The first-order chi connectivity index (χ1) is 12.5. The maximum absolute atomic E-state index is 12.8. The van der Waals surface area contributed by atoms with Crippen molar-refractivity contribution in [2.45, 2.75) is 45.3 Å². The van der Waals surface area contributed by atoms with Crippen molar-refractivity contribution in [2.24, 2.45) is 5.73 Å². The highest BCUT2D eigenvalue weighted by atomic mass is 16.1. The number of fused-ring (bicyclic) bond motifs is 3. The van der Waals surface area contributed by atoms with Gasteiger partial charge in [0.15, 0.2) is 5.78 Å². The van der Waals surface area contributed by atoms with Crippen LogP contribution in [0.15, 0.2) is 18.2 Å². The number of piperidine rings is 1. The molecule has 3 heterocycles. The van der Waals surface area contributed by atoms with Crippen LogP contribution in [-0.2, 0) is 24.3 Å². The Morgan fingerprint density at radius 2 is 1.96 bits per heavy atom. The molecule has 1 aromatic carbocycles. The third-order valence-corrected chi connectivity index (χ3v) is 5.97. The van der Waals surface area contributed by atoms with Gasteiger partial charge in [0.25, 0.3) is 0 Å². The van der Waals surface area contributed by atoms with E-state index in [2.05, 4.69) is 46.5 Å². The molecule has 0 amide bonds. The van der Waals surface area contributed by atoms with Crippen molar-refractivity contribution in [3.8, 4) is 0 Å². The Hall–Kier alpha value is -1.69. The van der Waals surface area contributed by atoms with Crippen molar-refractivity contribution in [3.05, 3.63) is 35.0 Å². The van der Waals surface area contributed by atoms with Crippen LogP contribution >= 0.6 is 0 Å². The molecule has 140 valence electrons. The van der Waals surface area contributed by atoms with Crippen LogP contribution in [0.3, 0.4) is 0 Å². The Kier molecular flexibility index (Phi) is 4.86. The Balaban J connectivity index is 1.59. The predicted molar refractivity (Wildman–Crippen MR) is 105 cm³/mol. The number of carbonyl (C=O) groups is 1. The minimum atomic E-state index is 0.305. The molecule has 5 nitrogen and oxygen atoms in total. The number of aryl methyl sites for hydroxylation is 1. The van der Waals surface area contributed by atoms with Crippen LogP contribution in [0.5, 0.6) is 0 Å². The molecule has 2 aliphatic heterocycles. The molecule has 0 unspecified atom stereocenters. The summed E-state index contributed by atoms with van der Waals surface area (Å²) in [4.78, 5) is 17.5. The standard InChI is InChI=1S/C21H30N4O/c1-15-3-4-20-18(11-15)19-14-23(2)8-7-21(19)25(20)13-17(26)12-24-9-5-16(22)6-10-24/h3-4,11,16H,5-10,12-14,22H2,1-2H3. The molecule has 0 radical (unpaired) electrons. The van der Waals surface area contributed by atoms with Gasteiger partial charge in [-0.2, -0.15) is 0 Å². The average Bonchev–Trinajstić information content (AvgIpc) is 2.89. The van der Waals surface area contributed by atoms with Gasteiger partial charge in [-0.05, 0) is 44.5 Å². The maximum Gasteiger partial charge on any atom is 0.166 e. The van der Waals surface area contributed by atoms with E-state index in [4.69, 9.17) is 5.73 Å². The number of rotatable bonds is 4. The zero-order chi connectivity index (χ0) is 18.3. The van der Waals surface area contributed by atoms with Crippen LogP contribution in [0.1, 0.15) is 29.7 Å². The van der Waals surface area contributed by atoms with Crippen molar-refractivity contribution in [1.82, 2.24) is 14.4 Å². The number of Topliss-reactive ketones (excluding diaryl/α,β-unsaturated/α-hetero) is 1. The van der Waals surface area contributed by atoms with E-state index in [1.165, 1.54) is 27.7 Å². The first-order valence-electron chi connectivity index (χ1n) is 9.80. The fourth-order valence-electron chi connectivity index (χ4n) is 4.47. The molecule has 2 aliphatic rings. The molecule has 1 fully saturated rings. The van der Waals surface area contributed by atoms with Gasteiger partial charge in [0, 0.05) is 55.2 Å². The second-order valence-corrected chi connectivity index (χ2v) is 8.17. The number of benzene rings is 1. The van der Waals surface area contributed by atoms with Crippen LogP contribution in [0, 0.1) is 6.92 Å². The molecule has 5 heteroatoms. The molecule has 2 N–H and O–H groups in total. The van der Waals surface area contributed by atoms with E-state index in [9.17, 15) is 4.79 Å². The second-order valence-electron chi connectivity index (χ2n) is 8.17. The summed E-state index contributed by atoms with van der Waals surface area (Å²) in [5, 5.41) is 1.32. The lowest BCUT2D eigenvalue weighted by molar-refractivity contribution is -0.121. The third kappa shape index (κ3) is 3.43. The zero-order valence-electron chi connectivity index (χ0n) is 16.0. The fourth-order valence-corrected chi connectivity index (χ4v) is 4.47. The normalized spacial score (nSPS) is 19.8. The van der Waals surface area contributed by atoms with Crippen LogP contribution in [0.4, 0.5) is 0 Å². The van der Waals surface area contributed by atoms with Crippen LogP contribution in [-0.4, -0.2) is 59.4 Å². The highest BCUT2D eigenvalue weighted by Crippen LogP contribution is 2.31. The fraction of sp³-hybridized carbons (Fsp3) is 0.571. The summed E-state index contributed by atoms with van der Waals surface area (Å²) < 4.78 is 2.29. The number of hydrogen-bond acceptors (Lipinski definition) is 4. The van der Waals surface area contributed by atoms with E-state index < -0.39 is 0 Å². The first-order valence-corrected chi connectivity index (χ1v) is 9.80. The number of likely N-dealkylation sites (N-methyl/N-ethyl adjacent to an activating group) is 1. The zero-order valence-corrected chi connectivity index (χ0v) is 16.0. The Morgan fingerprint density at radius 3 is 2.73 bits per heavy atom. The molecule has 0 bridgehead atoms. The number of ketones is 1. The SMILES string of the molecule is Cc1ccc2c(c1)c1c(n2CC(=O)CN2CCC(N)CC2)CCN(C)C1. The van der Waals surface area contributed by atoms with Gasteiger partial charge in [-0.3, -0.25) is 9.69 Å². The number of nitrogens with zero attached hydrogens (tertiary/aromatic N) is 3. The van der Waals surface area contributed by atoms with Gasteiger partial charge in [-0.25, -0.2) is 0 Å². The van der Waals surface area contributed by atoms with E-state index in [0.717, 1.165) is 45.4 Å². The van der Waals surface area contributed by atoms with E-state index >= 15 is 0 Å². The van der Waals surface area contributed by atoms with Crippen LogP contribution in [0.25, 0.3) is 10.9 Å². The molecule has 0 aliphatic carbocycles. The van der Waals surface area contributed by atoms with Crippen molar-refractivity contribution in [2.75, 3.05) is 33.2 Å². The van der Waals surface area contributed by atoms with Gasteiger partial charge < -0.3 is 15.2 Å². The molecular weight excluding hydrogens is 324 g/mol. The van der Waals surface area contributed by atoms with Gasteiger partial charge in [0.05, 0.1) is 13.1 Å². The highest BCUT2D eigenvalue weighted by molar-refractivity contribution is 5.89. The van der Waals surface area contributed by atoms with Crippen molar-refractivity contribution in [1.29, 1.82) is 0 Å². The summed E-state index contributed by atoms with van der Waals surface area (Å²) in [5.41, 5.74) is 11.2. The van der Waals surface area contributed by atoms with Gasteiger partial charge in [0.2, 0.25) is 0 Å². The predicted octanol–water partition coefficient (Wildman–Crippen LogP) is 1.93. The lowest BCUT2D eigenvalue weighted by Crippen LogP contribution is -2.42. The summed E-state index contributed by atoms with van der Waals surface area (Å²) in [6.07, 6.45) is 3.02. The van der Waals surface area contributed by atoms with E-state index in [0.29, 0.717) is 24.9 Å². The monoisotopic (exact) mass is 354 g/mol. The summed E-state index contributed by atoms with van der Waals surface area (Å²) in [7, 11) is 2.17. The third-order valence-electron chi connectivity index (χ3n) is 5.97. The number of likely N-dealkylation sites (tertiary alicyclic amines) is 1. The summed E-state index contributed by atoms with van der Waals surface area (Å²) in [6, 6.07) is 6.93.